The summed E-state index contributed by atoms with van der Waals surface area (Å²) in [4.78, 5) is 4.29. The Morgan fingerprint density at radius 3 is 2.65 bits per heavy atom. The Hall–Kier alpha value is -1.87. The highest BCUT2D eigenvalue weighted by molar-refractivity contribution is 5.23. The van der Waals surface area contributed by atoms with Gasteiger partial charge in [0.05, 0.1) is 6.20 Å². The van der Waals surface area contributed by atoms with E-state index in [0.29, 0.717) is 6.04 Å². The zero-order valence-corrected chi connectivity index (χ0v) is 11.8. The lowest BCUT2D eigenvalue weighted by Crippen LogP contribution is -2.26. The second-order valence-corrected chi connectivity index (χ2v) is 5.33. The van der Waals surface area contributed by atoms with Gasteiger partial charge in [-0.1, -0.05) is 30.3 Å². The number of aromatic nitrogens is 1. The molecule has 0 aliphatic heterocycles. The van der Waals surface area contributed by atoms with Crippen LogP contribution >= 0.6 is 0 Å². The van der Waals surface area contributed by atoms with E-state index in [9.17, 15) is 0 Å². The van der Waals surface area contributed by atoms with E-state index in [4.69, 9.17) is 4.74 Å². The molecule has 1 aliphatic rings. The molecule has 3 rings (SSSR count). The van der Waals surface area contributed by atoms with Crippen molar-refractivity contribution in [3.63, 3.8) is 0 Å². The first-order chi connectivity index (χ1) is 9.81. The van der Waals surface area contributed by atoms with Crippen LogP contribution in [-0.2, 0) is 0 Å². The van der Waals surface area contributed by atoms with Crippen LogP contribution in [0.3, 0.4) is 0 Å². The van der Waals surface area contributed by atoms with Crippen LogP contribution in [0.4, 0.5) is 0 Å². The molecule has 1 unspecified atom stereocenters. The number of ether oxygens (including phenoxy) is 1. The molecule has 3 nitrogen and oxygen atoms in total. The van der Waals surface area contributed by atoms with Crippen molar-refractivity contribution in [1.82, 2.24) is 10.3 Å². The van der Waals surface area contributed by atoms with Gasteiger partial charge in [0.25, 0.3) is 0 Å². The summed E-state index contributed by atoms with van der Waals surface area (Å²) in [5.74, 6) is 0.821. The van der Waals surface area contributed by atoms with E-state index in [0.717, 1.165) is 18.0 Å². The van der Waals surface area contributed by atoms with Crippen molar-refractivity contribution >= 4 is 0 Å². The minimum Gasteiger partial charge on any atom is -0.483 e. The van der Waals surface area contributed by atoms with E-state index in [1.807, 2.05) is 25.1 Å². The topological polar surface area (TPSA) is 34.1 Å². The third-order valence-electron chi connectivity index (χ3n) is 3.50. The third-order valence-corrected chi connectivity index (χ3v) is 3.50. The monoisotopic (exact) mass is 268 g/mol. The number of pyridine rings is 1. The molecule has 0 radical (unpaired) electrons. The van der Waals surface area contributed by atoms with Crippen molar-refractivity contribution in [2.45, 2.75) is 31.9 Å². The standard InChI is InChI=1S/C17H20N2O/c1-13-7-10-16(11-18-13)20-17(12-19-15-8-9-15)14-5-3-2-4-6-14/h2-7,10-11,15,17,19H,8-9,12H2,1H3. The Morgan fingerprint density at radius 1 is 1.20 bits per heavy atom. The molecule has 1 atom stereocenters. The number of rotatable bonds is 6. The van der Waals surface area contributed by atoms with Gasteiger partial charge in [-0.15, -0.1) is 0 Å². The van der Waals surface area contributed by atoms with Crippen LogP contribution in [0.15, 0.2) is 48.7 Å². The smallest absolute Gasteiger partial charge is 0.138 e. The van der Waals surface area contributed by atoms with Crippen LogP contribution < -0.4 is 10.1 Å². The number of nitrogens with zero attached hydrogens (tertiary/aromatic N) is 1. The summed E-state index contributed by atoms with van der Waals surface area (Å²) < 4.78 is 6.11. The van der Waals surface area contributed by atoms with Gasteiger partial charge in [-0.2, -0.15) is 0 Å². The van der Waals surface area contributed by atoms with E-state index in [1.165, 1.54) is 18.4 Å². The summed E-state index contributed by atoms with van der Waals surface area (Å²) >= 11 is 0. The fourth-order valence-electron chi connectivity index (χ4n) is 2.14. The largest absolute Gasteiger partial charge is 0.483 e. The Labute approximate surface area is 120 Å². The molecule has 3 heteroatoms. The maximum absolute atomic E-state index is 6.11. The lowest BCUT2D eigenvalue weighted by molar-refractivity contribution is 0.200. The third kappa shape index (κ3) is 3.58. The predicted octanol–water partition coefficient (Wildman–Crippen LogP) is 3.26. The Bertz CT molecular complexity index is 535. The van der Waals surface area contributed by atoms with Crippen molar-refractivity contribution in [2.75, 3.05) is 6.54 Å². The average molecular weight is 268 g/mol. The molecule has 20 heavy (non-hydrogen) atoms. The molecule has 1 saturated carbocycles. The summed E-state index contributed by atoms with van der Waals surface area (Å²) in [6.45, 7) is 2.82. The van der Waals surface area contributed by atoms with Gasteiger partial charge in [0.1, 0.15) is 11.9 Å². The molecule has 1 aromatic carbocycles. The van der Waals surface area contributed by atoms with Gasteiger partial charge in [-0.05, 0) is 37.5 Å². The molecule has 1 aromatic heterocycles. The van der Waals surface area contributed by atoms with Gasteiger partial charge >= 0.3 is 0 Å². The zero-order valence-electron chi connectivity index (χ0n) is 11.8. The molecular weight excluding hydrogens is 248 g/mol. The lowest BCUT2D eigenvalue weighted by Gasteiger charge is -2.20. The van der Waals surface area contributed by atoms with Crippen LogP contribution in [0.2, 0.25) is 0 Å². The molecule has 0 spiro atoms. The average Bonchev–Trinajstić information content (AvgIpc) is 3.31. The minimum atomic E-state index is 0.0290. The molecule has 0 amide bonds. The summed E-state index contributed by atoms with van der Waals surface area (Å²) in [5.41, 5.74) is 2.20. The highest BCUT2D eigenvalue weighted by Gasteiger charge is 2.23. The Kier molecular flexibility index (Phi) is 3.97. The maximum Gasteiger partial charge on any atom is 0.138 e. The number of nitrogens with one attached hydrogen (secondary N) is 1. The quantitative estimate of drug-likeness (QED) is 0.873. The second kappa shape index (κ2) is 6.06. The van der Waals surface area contributed by atoms with Crippen LogP contribution in [0.5, 0.6) is 5.75 Å². The maximum atomic E-state index is 6.11. The number of benzene rings is 1. The molecular formula is C17H20N2O. The fraction of sp³-hybridized carbons (Fsp3) is 0.353. The SMILES string of the molecule is Cc1ccc(OC(CNC2CC2)c2ccccc2)cn1. The van der Waals surface area contributed by atoms with Crippen LogP contribution in [0.1, 0.15) is 30.2 Å². The van der Waals surface area contributed by atoms with Crippen molar-refractivity contribution < 1.29 is 4.74 Å². The van der Waals surface area contributed by atoms with E-state index < -0.39 is 0 Å². The molecule has 1 aliphatic carbocycles. The first-order valence-electron chi connectivity index (χ1n) is 7.19. The molecule has 104 valence electrons. The molecule has 1 heterocycles. The van der Waals surface area contributed by atoms with Gasteiger partial charge in [-0.25, -0.2) is 0 Å². The molecule has 1 fully saturated rings. The van der Waals surface area contributed by atoms with Crippen LogP contribution in [0, 0.1) is 6.92 Å². The van der Waals surface area contributed by atoms with Crippen molar-refractivity contribution in [3.8, 4) is 5.75 Å². The van der Waals surface area contributed by atoms with Gasteiger partial charge < -0.3 is 10.1 Å². The summed E-state index contributed by atoms with van der Waals surface area (Å²) in [6.07, 6.45) is 4.39. The van der Waals surface area contributed by atoms with E-state index in [1.54, 1.807) is 6.20 Å². The van der Waals surface area contributed by atoms with E-state index in [-0.39, 0.29) is 6.10 Å². The zero-order chi connectivity index (χ0) is 13.8. The van der Waals surface area contributed by atoms with Crippen LogP contribution in [-0.4, -0.2) is 17.6 Å². The van der Waals surface area contributed by atoms with Gasteiger partial charge in [0.15, 0.2) is 0 Å². The molecule has 1 N–H and O–H groups in total. The highest BCUT2D eigenvalue weighted by atomic mass is 16.5. The Balaban J connectivity index is 1.72. The summed E-state index contributed by atoms with van der Waals surface area (Å²) in [7, 11) is 0. The number of aryl methyl sites for hydroxylation is 1. The predicted molar refractivity (Wildman–Crippen MR) is 79.8 cm³/mol. The fourth-order valence-corrected chi connectivity index (χ4v) is 2.14. The minimum absolute atomic E-state index is 0.0290. The number of hydrogen-bond donors (Lipinski definition) is 1. The molecule has 0 saturated heterocycles. The molecule has 2 aromatic rings. The van der Waals surface area contributed by atoms with Gasteiger partial charge in [-0.3, -0.25) is 4.98 Å². The number of hydrogen-bond acceptors (Lipinski definition) is 3. The van der Waals surface area contributed by atoms with Crippen LogP contribution in [0.25, 0.3) is 0 Å². The highest BCUT2D eigenvalue weighted by Crippen LogP contribution is 2.24. The van der Waals surface area contributed by atoms with Crippen molar-refractivity contribution in [2.24, 2.45) is 0 Å². The lowest BCUT2D eigenvalue weighted by atomic mass is 10.1. The van der Waals surface area contributed by atoms with Gasteiger partial charge in [0.2, 0.25) is 0 Å². The van der Waals surface area contributed by atoms with Crippen molar-refractivity contribution in [3.05, 3.63) is 59.9 Å². The van der Waals surface area contributed by atoms with Gasteiger partial charge in [0, 0.05) is 18.3 Å². The summed E-state index contributed by atoms with van der Waals surface area (Å²) in [6, 6.07) is 15.0. The first-order valence-corrected chi connectivity index (χ1v) is 7.19. The molecule has 0 bridgehead atoms. The van der Waals surface area contributed by atoms with E-state index in [2.05, 4.69) is 34.6 Å². The first kappa shape index (κ1) is 13.1. The Morgan fingerprint density at radius 2 is 2.00 bits per heavy atom. The normalized spacial score (nSPS) is 15.8. The second-order valence-electron chi connectivity index (χ2n) is 5.33. The summed E-state index contributed by atoms with van der Waals surface area (Å²) in [5, 5.41) is 3.54. The van der Waals surface area contributed by atoms with Crippen molar-refractivity contribution in [1.29, 1.82) is 0 Å². The van der Waals surface area contributed by atoms with E-state index >= 15 is 0 Å².